The third-order valence-corrected chi connectivity index (χ3v) is 4.24. The van der Waals surface area contributed by atoms with Gasteiger partial charge in [0.25, 0.3) is 5.91 Å². The number of rotatable bonds is 6. The van der Waals surface area contributed by atoms with Crippen LogP contribution < -0.4 is 15.5 Å². The summed E-state index contributed by atoms with van der Waals surface area (Å²) in [5.74, 6) is -0.219. The molecule has 7 nitrogen and oxygen atoms in total. The smallest absolute Gasteiger partial charge is 0.353 e. The van der Waals surface area contributed by atoms with Crippen LogP contribution in [0.1, 0.15) is 16.8 Å². The molecule has 1 aliphatic rings. The lowest BCUT2D eigenvalue weighted by molar-refractivity contribution is -0.133. The summed E-state index contributed by atoms with van der Waals surface area (Å²) in [6.07, 6.45) is -3.82. The van der Waals surface area contributed by atoms with E-state index in [9.17, 15) is 22.8 Å². The van der Waals surface area contributed by atoms with Gasteiger partial charge in [0.1, 0.15) is 0 Å². The third kappa shape index (κ3) is 5.18. The average Bonchev–Trinajstić information content (AvgIpc) is 2.61. The van der Waals surface area contributed by atoms with Crippen LogP contribution in [0.25, 0.3) is 0 Å². The maximum Gasteiger partial charge on any atom is 0.390 e. The molecule has 1 aromatic heterocycles. The summed E-state index contributed by atoms with van der Waals surface area (Å²) >= 11 is 0. The van der Waals surface area contributed by atoms with Crippen LogP contribution in [0.2, 0.25) is 0 Å². The fourth-order valence-corrected chi connectivity index (χ4v) is 2.66. The third-order valence-electron chi connectivity index (χ3n) is 4.24. The quantitative estimate of drug-likeness (QED) is 0.786. The minimum absolute atomic E-state index is 0.150. The number of halogens is 3. The van der Waals surface area contributed by atoms with Crippen LogP contribution in [0.5, 0.6) is 0 Å². The summed E-state index contributed by atoms with van der Waals surface area (Å²) in [6, 6.07) is 9.57. The van der Waals surface area contributed by atoms with Crippen molar-refractivity contribution in [3.8, 4) is 0 Å². The Bertz CT molecular complexity index is 821. The number of hydrogen-bond donors (Lipinski definition) is 2. The molecule has 28 heavy (non-hydrogen) atoms. The molecule has 2 aromatic rings. The number of nitrogens with zero attached hydrogens (tertiary/aromatic N) is 3. The van der Waals surface area contributed by atoms with Crippen LogP contribution in [0.15, 0.2) is 42.6 Å². The van der Waals surface area contributed by atoms with Crippen molar-refractivity contribution in [2.45, 2.75) is 12.6 Å². The van der Waals surface area contributed by atoms with Crippen LogP contribution in [0.3, 0.4) is 0 Å². The molecular weight excluding hydrogens is 375 g/mol. The van der Waals surface area contributed by atoms with E-state index >= 15 is 0 Å². The van der Waals surface area contributed by atoms with E-state index < -0.39 is 25.0 Å². The lowest BCUT2D eigenvalue weighted by Gasteiger charge is -2.38. The topological polar surface area (TPSA) is 87.2 Å². The summed E-state index contributed by atoms with van der Waals surface area (Å²) in [5, 5.41) is 12.8. The molecule has 2 amide bonds. The fourth-order valence-electron chi connectivity index (χ4n) is 2.66. The van der Waals surface area contributed by atoms with Gasteiger partial charge in [-0.1, -0.05) is 0 Å². The van der Waals surface area contributed by atoms with E-state index in [1.807, 2.05) is 11.0 Å². The zero-order valence-corrected chi connectivity index (χ0v) is 14.7. The van der Waals surface area contributed by atoms with E-state index in [-0.39, 0.29) is 17.4 Å². The number of anilines is 2. The lowest BCUT2D eigenvalue weighted by atomic mass is 9.99. The van der Waals surface area contributed by atoms with Gasteiger partial charge in [-0.3, -0.25) is 9.59 Å². The number of carbonyl (C=O) groups excluding carboxylic acids is 2. The Morgan fingerprint density at radius 2 is 1.86 bits per heavy atom. The molecule has 10 heteroatoms. The van der Waals surface area contributed by atoms with Crippen LogP contribution in [0, 0.1) is 5.92 Å². The molecule has 2 N–H and O–H groups in total. The van der Waals surface area contributed by atoms with E-state index in [2.05, 4.69) is 20.8 Å². The first-order valence-corrected chi connectivity index (χ1v) is 8.60. The van der Waals surface area contributed by atoms with Crippen molar-refractivity contribution in [3.05, 3.63) is 48.2 Å². The normalized spacial score (nSPS) is 14.3. The van der Waals surface area contributed by atoms with Crippen LogP contribution in [0.4, 0.5) is 24.7 Å². The monoisotopic (exact) mass is 393 g/mol. The second kappa shape index (κ2) is 8.24. The number of hydrogen-bond acceptors (Lipinski definition) is 5. The highest BCUT2D eigenvalue weighted by molar-refractivity contribution is 5.96. The zero-order valence-electron chi connectivity index (χ0n) is 14.7. The molecule has 0 saturated carbocycles. The lowest BCUT2D eigenvalue weighted by Crippen LogP contribution is -2.52. The van der Waals surface area contributed by atoms with Gasteiger partial charge in [0.05, 0.1) is 12.3 Å². The summed E-state index contributed by atoms with van der Waals surface area (Å²) in [7, 11) is 0. The maximum absolute atomic E-state index is 12.3. The van der Waals surface area contributed by atoms with Gasteiger partial charge in [-0.25, -0.2) is 0 Å². The largest absolute Gasteiger partial charge is 0.390 e. The van der Waals surface area contributed by atoms with Crippen molar-refractivity contribution in [2.24, 2.45) is 5.92 Å². The predicted molar refractivity (Wildman–Crippen MR) is 95.8 cm³/mol. The van der Waals surface area contributed by atoms with Crippen LogP contribution in [-0.2, 0) is 4.79 Å². The zero-order chi connectivity index (χ0) is 20.1. The van der Waals surface area contributed by atoms with Gasteiger partial charge in [-0.2, -0.15) is 18.3 Å². The van der Waals surface area contributed by atoms with Crippen LogP contribution >= 0.6 is 0 Å². The highest BCUT2D eigenvalue weighted by Gasteiger charge is 2.33. The molecule has 1 aliphatic heterocycles. The predicted octanol–water partition coefficient (Wildman–Crippen LogP) is 2.23. The molecule has 0 unspecified atom stereocenters. The van der Waals surface area contributed by atoms with Gasteiger partial charge in [0.2, 0.25) is 5.91 Å². The van der Waals surface area contributed by atoms with Crippen molar-refractivity contribution in [1.29, 1.82) is 0 Å². The Labute approximate surface area is 158 Å². The SMILES string of the molecule is O=C(NCCC(F)(F)F)c1ccc(NC(=O)C2CN(c3cccnn3)C2)cc1. The van der Waals surface area contributed by atoms with Gasteiger partial charge in [0.15, 0.2) is 5.82 Å². The van der Waals surface area contributed by atoms with E-state index in [0.29, 0.717) is 24.6 Å². The Hall–Kier alpha value is -3.17. The molecule has 3 rings (SSSR count). The molecule has 1 fully saturated rings. The Morgan fingerprint density at radius 1 is 1.14 bits per heavy atom. The number of amides is 2. The molecule has 0 aliphatic carbocycles. The van der Waals surface area contributed by atoms with Crippen molar-refractivity contribution >= 4 is 23.3 Å². The summed E-state index contributed by atoms with van der Waals surface area (Å²) in [4.78, 5) is 26.0. The fraction of sp³-hybridized carbons (Fsp3) is 0.333. The van der Waals surface area contributed by atoms with Crippen molar-refractivity contribution in [3.63, 3.8) is 0 Å². The Balaban J connectivity index is 1.45. The molecule has 1 aromatic carbocycles. The molecule has 1 saturated heterocycles. The number of benzene rings is 1. The molecule has 2 heterocycles. The van der Waals surface area contributed by atoms with Gasteiger partial charge < -0.3 is 15.5 Å². The number of carbonyl (C=O) groups is 2. The Kier molecular flexibility index (Phi) is 5.76. The maximum atomic E-state index is 12.3. The van der Waals surface area contributed by atoms with Crippen molar-refractivity contribution in [1.82, 2.24) is 15.5 Å². The first kappa shape index (κ1) is 19.6. The number of nitrogens with one attached hydrogen (secondary N) is 2. The average molecular weight is 393 g/mol. The Morgan fingerprint density at radius 3 is 2.46 bits per heavy atom. The highest BCUT2D eigenvalue weighted by Crippen LogP contribution is 2.23. The first-order valence-electron chi connectivity index (χ1n) is 8.60. The van der Waals surface area contributed by atoms with Gasteiger partial charge in [-0.05, 0) is 36.4 Å². The van der Waals surface area contributed by atoms with Crippen molar-refractivity contribution in [2.75, 3.05) is 29.9 Å². The highest BCUT2D eigenvalue weighted by atomic mass is 19.4. The second-order valence-electron chi connectivity index (χ2n) is 6.37. The summed E-state index contributed by atoms with van der Waals surface area (Å²) in [6.45, 7) is 0.583. The van der Waals surface area contributed by atoms with Gasteiger partial charge in [0, 0.05) is 37.1 Å². The number of alkyl halides is 3. The van der Waals surface area contributed by atoms with E-state index in [4.69, 9.17) is 0 Å². The molecule has 0 bridgehead atoms. The summed E-state index contributed by atoms with van der Waals surface area (Å²) in [5.41, 5.74) is 0.729. The standard InChI is InChI=1S/C18H18F3N5O2/c19-18(20,21)7-9-22-16(27)12-3-5-14(6-4-12)24-17(28)13-10-26(11-13)15-2-1-8-23-25-15/h1-6,8,13H,7,9-11H2,(H,22,27)(H,24,28). The molecule has 0 radical (unpaired) electrons. The second-order valence-corrected chi connectivity index (χ2v) is 6.37. The minimum atomic E-state index is -4.31. The molecular formula is C18H18F3N5O2. The van der Waals surface area contributed by atoms with Crippen LogP contribution in [-0.4, -0.2) is 47.8 Å². The van der Waals surface area contributed by atoms with Crippen molar-refractivity contribution < 1.29 is 22.8 Å². The van der Waals surface area contributed by atoms with E-state index in [1.54, 1.807) is 12.3 Å². The molecule has 0 spiro atoms. The first-order chi connectivity index (χ1) is 13.3. The van der Waals surface area contributed by atoms with Gasteiger partial charge in [-0.15, -0.1) is 5.10 Å². The minimum Gasteiger partial charge on any atom is -0.353 e. The number of aromatic nitrogens is 2. The van der Waals surface area contributed by atoms with Gasteiger partial charge >= 0.3 is 6.18 Å². The van der Waals surface area contributed by atoms with E-state index in [0.717, 1.165) is 0 Å². The molecule has 0 atom stereocenters. The summed E-state index contributed by atoms with van der Waals surface area (Å²) < 4.78 is 36.3. The van der Waals surface area contributed by atoms with E-state index in [1.165, 1.54) is 24.3 Å². The molecule has 148 valence electrons.